The lowest BCUT2D eigenvalue weighted by atomic mass is 9.86. The fraction of sp³-hybridized carbons (Fsp3) is 0.333. The molecule has 1 nitrogen and oxygen atoms in total. The molecule has 2 aliphatic rings. The Hall–Kier alpha value is -2.84. The maximum atomic E-state index is 6.04. The van der Waals surface area contributed by atoms with Crippen LogP contribution in [0, 0.1) is 0 Å². The molecule has 0 radical (unpaired) electrons. The zero-order chi connectivity index (χ0) is 25.1. The van der Waals surface area contributed by atoms with Gasteiger partial charge in [-0.2, -0.15) is 0 Å². The zero-order valence-corrected chi connectivity index (χ0v) is 23.5. The van der Waals surface area contributed by atoms with Gasteiger partial charge in [0, 0.05) is 11.1 Å². The first-order valence-electron chi connectivity index (χ1n) is 12.8. The molecule has 0 spiro atoms. The molecule has 2 unspecified atom stereocenters. The molecule has 2 aromatic carbocycles. The second kappa shape index (κ2) is 8.38. The van der Waals surface area contributed by atoms with Crippen molar-refractivity contribution in [2.45, 2.75) is 71.1 Å². The van der Waals surface area contributed by atoms with Crippen molar-refractivity contribution in [1.29, 1.82) is 0 Å². The minimum absolute atomic E-state index is 0.153. The highest BCUT2D eigenvalue weighted by atomic mass is 28.3. The van der Waals surface area contributed by atoms with Gasteiger partial charge >= 0.3 is 0 Å². The number of furan rings is 1. The van der Waals surface area contributed by atoms with Gasteiger partial charge in [0.15, 0.2) is 0 Å². The van der Waals surface area contributed by atoms with Crippen molar-refractivity contribution in [3.8, 4) is 11.1 Å². The molecular weight excluding hydrogens is 440 g/mol. The minimum Gasteiger partial charge on any atom is -0.465 e. The summed E-state index contributed by atoms with van der Waals surface area (Å²) in [5.74, 6) is 1.01. The Morgan fingerprint density at radius 3 is 2.09 bits per heavy atom. The van der Waals surface area contributed by atoms with Crippen LogP contribution in [-0.2, 0) is 5.41 Å². The number of hydrogen-bond donors (Lipinski definition) is 0. The number of rotatable bonds is 4. The molecule has 1 heterocycles. The Bertz CT molecular complexity index is 1360. The molecule has 0 amide bonds. The van der Waals surface area contributed by atoms with Crippen LogP contribution in [0.2, 0.25) is 18.6 Å². The highest BCUT2D eigenvalue weighted by molar-refractivity contribution is 6.83. The van der Waals surface area contributed by atoms with Gasteiger partial charge in [-0.05, 0) is 77.8 Å². The normalized spacial score (nSPS) is 20.2. The first-order valence-corrected chi connectivity index (χ1v) is 16.0. The number of benzene rings is 2. The van der Waals surface area contributed by atoms with E-state index >= 15 is 0 Å². The van der Waals surface area contributed by atoms with Gasteiger partial charge in [0.05, 0.1) is 14.3 Å². The van der Waals surface area contributed by atoms with E-state index in [9.17, 15) is 0 Å². The molecule has 0 N–H and O–H groups in total. The van der Waals surface area contributed by atoms with Crippen LogP contribution < -0.4 is 0 Å². The van der Waals surface area contributed by atoms with E-state index in [4.69, 9.17) is 4.42 Å². The van der Waals surface area contributed by atoms with Gasteiger partial charge in [0.1, 0.15) is 5.76 Å². The van der Waals surface area contributed by atoms with Crippen molar-refractivity contribution in [1.82, 2.24) is 0 Å². The van der Waals surface area contributed by atoms with Crippen molar-refractivity contribution in [3.63, 3.8) is 0 Å². The second-order valence-corrected chi connectivity index (χ2v) is 17.0. The maximum absolute atomic E-state index is 6.04. The lowest BCUT2D eigenvalue weighted by molar-refractivity contribution is 0.551. The van der Waals surface area contributed by atoms with E-state index in [0.29, 0.717) is 11.1 Å². The first-order chi connectivity index (χ1) is 16.5. The second-order valence-electron chi connectivity index (χ2n) is 12.2. The third kappa shape index (κ3) is 3.92. The monoisotopic (exact) mass is 478 g/mol. The zero-order valence-electron chi connectivity index (χ0n) is 22.5. The third-order valence-corrected chi connectivity index (χ3v) is 12.9. The van der Waals surface area contributed by atoms with E-state index in [2.05, 4.69) is 115 Å². The van der Waals surface area contributed by atoms with E-state index in [1.54, 1.807) is 5.57 Å². The van der Waals surface area contributed by atoms with Crippen molar-refractivity contribution in [2.24, 2.45) is 0 Å². The predicted molar refractivity (Wildman–Crippen MR) is 153 cm³/mol. The summed E-state index contributed by atoms with van der Waals surface area (Å²) in [4.78, 5) is 0. The van der Waals surface area contributed by atoms with Crippen LogP contribution in [0.5, 0.6) is 0 Å². The van der Waals surface area contributed by atoms with Gasteiger partial charge in [-0.15, -0.1) is 0 Å². The SMILES string of the molecule is CC1=CC(C)=C(C)C1[Si](C)(C)C1C(c2ccco2)=Cc2c(-c3ccc(C(C)(C)C)cc3)cccc21. The highest BCUT2D eigenvalue weighted by Gasteiger charge is 2.48. The van der Waals surface area contributed by atoms with Gasteiger partial charge in [0.2, 0.25) is 0 Å². The van der Waals surface area contributed by atoms with Gasteiger partial charge in [-0.25, -0.2) is 0 Å². The molecule has 2 heteroatoms. The Balaban J connectivity index is 1.67. The largest absolute Gasteiger partial charge is 0.465 e. The van der Waals surface area contributed by atoms with Crippen LogP contribution in [0.4, 0.5) is 0 Å². The molecule has 0 aliphatic heterocycles. The Morgan fingerprint density at radius 1 is 0.800 bits per heavy atom. The summed E-state index contributed by atoms with van der Waals surface area (Å²) in [5, 5.41) is 0. The first kappa shape index (κ1) is 23.9. The molecule has 1 aromatic heterocycles. The maximum Gasteiger partial charge on any atom is 0.130 e. The van der Waals surface area contributed by atoms with Gasteiger partial charge in [0.25, 0.3) is 0 Å². The molecule has 35 heavy (non-hydrogen) atoms. The van der Waals surface area contributed by atoms with Crippen LogP contribution in [0.3, 0.4) is 0 Å². The molecule has 0 saturated heterocycles. The van der Waals surface area contributed by atoms with Gasteiger partial charge in [-0.3, -0.25) is 0 Å². The predicted octanol–water partition coefficient (Wildman–Crippen LogP) is 9.80. The number of fused-ring (bicyclic) bond motifs is 1. The molecule has 180 valence electrons. The standard InChI is InChI=1S/C33H38OSi/c1-21-19-22(2)31(23(21)3)35(7,8)32-27-12-9-11-26(24-14-16-25(17-15-24)33(4,5)6)28(27)20-29(32)30-13-10-18-34-30/h9-20,31-32H,1-8H3. The minimum atomic E-state index is -1.89. The molecule has 0 bridgehead atoms. The summed E-state index contributed by atoms with van der Waals surface area (Å²) in [6, 6.07) is 20.3. The summed E-state index contributed by atoms with van der Waals surface area (Å²) in [5.41, 5.74) is 13.8. The van der Waals surface area contributed by atoms with Crippen LogP contribution in [-0.4, -0.2) is 8.07 Å². The summed E-state index contributed by atoms with van der Waals surface area (Å²) >= 11 is 0. The van der Waals surface area contributed by atoms with Crippen LogP contribution in [0.1, 0.15) is 69.5 Å². The van der Waals surface area contributed by atoms with Crippen LogP contribution in [0.15, 0.2) is 88.1 Å². The number of hydrogen-bond acceptors (Lipinski definition) is 1. The molecule has 2 atom stereocenters. The fourth-order valence-corrected chi connectivity index (χ4v) is 11.7. The summed E-state index contributed by atoms with van der Waals surface area (Å²) in [7, 11) is -1.89. The molecular formula is C33H38OSi. The van der Waals surface area contributed by atoms with E-state index in [0.717, 1.165) is 5.76 Å². The summed E-state index contributed by atoms with van der Waals surface area (Å²) < 4.78 is 6.04. The van der Waals surface area contributed by atoms with Gasteiger partial charge < -0.3 is 4.42 Å². The smallest absolute Gasteiger partial charge is 0.130 e. The van der Waals surface area contributed by atoms with E-state index in [-0.39, 0.29) is 5.41 Å². The third-order valence-electron chi connectivity index (χ3n) is 8.37. The average molecular weight is 479 g/mol. The van der Waals surface area contributed by atoms with Crippen molar-refractivity contribution in [3.05, 3.63) is 106 Å². The topological polar surface area (TPSA) is 13.1 Å². The Morgan fingerprint density at radius 2 is 1.51 bits per heavy atom. The Kier molecular flexibility index (Phi) is 5.72. The highest BCUT2D eigenvalue weighted by Crippen LogP contribution is 2.56. The molecule has 3 aromatic rings. The fourth-order valence-electron chi connectivity index (χ4n) is 6.68. The molecule has 0 fully saturated rings. The lowest BCUT2D eigenvalue weighted by Crippen LogP contribution is -2.41. The number of allylic oxidation sites excluding steroid dienone is 5. The van der Waals surface area contributed by atoms with Crippen molar-refractivity contribution >= 4 is 19.7 Å². The van der Waals surface area contributed by atoms with E-state index < -0.39 is 8.07 Å². The van der Waals surface area contributed by atoms with Crippen LogP contribution in [0.25, 0.3) is 22.8 Å². The van der Waals surface area contributed by atoms with Crippen molar-refractivity contribution < 1.29 is 4.42 Å². The summed E-state index contributed by atoms with van der Waals surface area (Å²) in [6.07, 6.45) is 6.65. The molecule has 2 aliphatic carbocycles. The van der Waals surface area contributed by atoms with E-state index in [1.807, 2.05) is 12.3 Å². The molecule has 0 saturated carbocycles. The molecule has 5 rings (SSSR count). The van der Waals surface area contributed by atoms with Crippen molar-refractivity contribution in [2.75, 3.05) is 0 Å². The van der Waals surface area contributed by atoms with Crippen LogP contribution >= 0.6 is 0 Å². The van der Waals surface area contributed by atoms with Gasteiger partial charge in [-0.1, -0.05) is 99.1 Å². The average Bonchev–Trinajstić information content (AvgIpc) is 3.51. The van der Waals surface area contributed by atoms with E-state index in [1.165, 1.54) is 44.5 Å². The lowest BCUT2D eigenvalue weighted by Gasteiger charge is -2.39. The Labute approximate surface area is 212 Å². The summed E-state index contributed by atoms with van der Waals surface area (Å²) in [6.45, 7) is 18.9. The quantitative estimate of drug-likeness (QED) is 0.340.